The lowest BCUT2D eigenvalue weighted by atomic mass is 9.99. The molecule has 58 heavy (non-hydrogen) atoms. The van der Waals surface area contributed by atoms with Crippen molar-refractivity contribution in [1.82, 2.24) is 4.57 Å². The topological polar surface area (TPSA) is 34.5 Å². The van der Waals surface area contributed by atoms with Gasteiger partial charge in [0, 0.05) is 43.7 Å². The van der Waals surface area contributed by atoms with Gasteiger partial charge in [-0.2, -0.15) is 0 Å². The molecule has 0 saturated heterocycles. The van der Waals surface area contributed by atoms with Gasteiger partial charge in [-0.05, 0) is 82.9 Å². The normalized spacial score (nSPS) is 11.8. The molecule has 0 radical (unpaired) electrons. The van der Waals surface area contributed by atoms with Crippen LogP contribution in [-0.4, -0.2) is 4.57 Å². The van der Waals surface area contributed by atoms with Crippen molar-refractivity contribution in [1.29, 1.82) is 0 Å². The fourth-order valence-electron chi connectivity index (χ4n) is 8.91. The van der Waals surface area contributed by atoms with Crippen LogP contribution in [0, 0.1) is 0 Å². The first-order valence-electron chi connectivity index (χ1n) is 19.7. The van der Waals surface area contributed by atoms with E-state index in [4.69, 9.17) is 8.83 Å². The lowest BCUT2D eigenvalue weighted by Gasteiger charge is -2.26. The summed E-state index contributed by atoms with van der Waals surface area (Å²) >= 11 is 0. The summed E-state index contributed by atoms with van der Waals surface area (Å²) < 4.78 is 15.7. The van der Waals surface area contributed by atoms with Crippen molar-refractivity contribution in [2.45, 2.75) is 0 Å². The van der Waals surface area contributed by atoms with Crippen LogP contribution in [-0.2, 0) is 0 Å². The molecule has 12 aromatic rings. The fourth-order valence-corrected chi connectivity index (χ4v) is 8.91. The molecule has 0 N–H and O–H groups in total. The Bertz CT molecular complexity index is 3400. The molecule has 0 saturated carbocycles. The Morgan fingerprint density at radius 2 is 0.828 bits per heavy atom. The molecule has 4 heteroatoms. The Morgan fingerprint density at radius 1 is 0.328 bits per heavy atom. The standard InChI is InChI=1S/C54H34N2O2/c1-2-14-39(15-3-1)55-47-22-7-4-17-41(47)42-32-31-38(34-50(42)55)36-29-27-35(28-30-36)37-13-10-16-40(33-37)56(48-23-11-20-45-43-18-5-8-25-51(43)57-53(45)48)49-24-12-21-46-44-19-6-9-26-52(44)58-54(46)49/h1-34H. The SMILES string of the molecule is c1ccc(-n2c3ccccc3c3ccc(-c4ccc(-c5cccc(N(c6cccc7c6oc6ccccc67)c6cccc7c6oc6ccccc67)c5)cc4)cc32)cc1. The maximum absolute atomic E-state index is 6.65. The van der Waals surface area contributed by atoms with Crippen molar-refractivity contribution in [3.05, 3.63) is 206 Å². The largest absolute Gasteiger partial charge is 0.454 e. The van der Waals surface area contributed by atoms with E-state index in [9.17, 15) is 0 Å². The molecule has 9 aromatic carbocycles. The van der Waals surface area contributed by atoms with Crippen molar-refractivity contribution in [3.63, 3.8) is 0 Å². The van der Waals surface area contributed by atoms with Gasteiger partial charge in [-0.1, -0.05) is 146 Å². The van der Waals surface area contributed by atoms with Crippen LogP contribution < -0.4 is 4.90 Å². The molecular weight excluding hydrogens is 709 g/mol. The molecule has 12 rings (SSSR count). The lowest BCUT2D eigenvalue weighted by Crippen LogP contribution is -2.10. The molecule has 0 unspecified atom stereocenters. The number of hydrogen-bond donors (Lipinski definition) is 0. The van der Waals surface area contributed by atoms with E-state index in [0.29, 0.717) is 0 Å². The number of furan rings is 2. The van der Waals surface area contributed by atoms with E-state index in [2.05, 4.69) is 191 Å². The van der Waals surface area contributed by atoms with Gasteiger partial charge < -0.3 is 18.3 Å². The molecule has 0 fully saturated rings. The first-order valence-corrected chi connectivity index (χ1v) is 19.7. The molecule has 4 nitrogen and oxygen atoms in total. The first kappa shape index (κ1) is 32.4. The van der Waals surface area contributed by atoms with Crippen LogP contribution in [0.4, 0.5) is 17.1 Å². The lowest BCUT2D eigenvalue weighted by molar-refractivity contribution is 0.666. The third-order valence-electron chi connectivity index (χ3n) is 11.6. The predicted octanol–water partition coefficient (Wildman–Crippen LogP) is 15.4. The number of rotatable bonds is 6. The van der Waals surface area contributed by atoms with E-state index in [1.807, 2.05) is 24.3 Å². The molecule has 0 aliphatic heterocycles. The van der Waals surface area contributed by atoms with Gasteiger partial charge in [0.2, 0.25) is 0 Å². The van der Waals surface area contributed by atoms with Crippen LogP contribution in [0.25, 0.3) is 93.6 Å². The molecule has 0 bridgehead atoms. The van der Waals surface area contributed by atoms with Gasteiger partial charge >= 0.3 is 0 Å². The van der Waals surface area contributed by atoms with Gasteiger partial charge in [0.05, 0.1) is 22.4 Å². The highest BCUT2D eigenvalue weighted by molar-refractivity contribution is 6.14. The molecule has 272 valence electrons. The van der Waals surface area contributed by atoms with Gasteiger partial charge in [0.25, 0.3) is 0 Å². The Labute approximate surface area is 334 Å². The summed E-state index contributed by atoms with van der Waals surface area (Å²) in [5.41, 5.74) is 14.4. The monoisotopic (exact) mass is 742 g/mol. The van der Waals surface area contributed by atoms with Crippen molar-refractivity contribution in [2.24, 2.45) is 0 Å². The van der Waals surface area contributed by atoms with Crippen LogP contribution in [0.2, 0.25) is 0 Å². The quantitative estimate of drug-likeness (QED) is 0.170. The zero-order chi connectivity index (χ0) is 38.2. The summed E-state index contributed by atoms with van der Waals surface area (Å²) in [5, 5.41) is 6.84. The molecule has 0 aliphatic rings. The number of hydrogen-bond acceptors (Lipinski definition) is 3. The summed E-state index contributed by atoms with van der Waals surface area (Å²) in [6.07, 6.45) is 0. The second-order valence-electron chi connectivity index (χ2n) is 14.9. The van der Waals surface area contributed by atoms with Gasteiger partial charge in [-0.25, -0.2) is 0 Å². The van der Waals surface area contributed by atoms with E-state index in [-0.39, 0.29) is 0 Å². The molecule has 3 aromatic heterocycles. The number of fused-ring (bicyclic) bond motifs is 9. The maximum Gasteiger partial charge on any atom is 0.159 e. The van der Waals surface area contributed by atoms with Crippen molar-refractivity contribution < 1.29 is 8.83 Å². The first-order chi connectivity index (χ1) is 28.8. The Hall–Kier alpha value is -7.82. The van der Waals surface area contributed by atoms with E-state index in [1.165, 1.54) is 32.9 Å². The van der Waals surface area contributed by atoms with Crippen molar-refractivity contribution >= 4 is 82.7 Å². The van der Waals surface area contributed by atoms with E-state index >= 15 is 0 Å². The molecule has 0 aliphatic carbocycles. The summed E-state index contributed by atoms with van der Waals surface area (Å²) in [4.78, 5) is 2.29. The summed E-state index contributed by atoms with van der Waals surface area (Å²) in [6, 6.07) is 73.1. The minimum absolute atomic E-state index is 0.829. The molecule has 0 amide bonds. The van der Waals surface area contributed by atoms with Gasteiger partial charge in [0.1, 0.15) is 11.2 Å². The highest BCUT2D eigenvalue weighted by Gasteiger charge is 2.23. The number of nitrogens with zero attached hydrogens (tertiary/aromatic N) is 2. The number of para-hydroxylation sites is 6. The van der Waals surface area contributed by atoms with Crippen LogP contribution >= 0.6 is 0 Å². The smallest absolute Gasteiger partial charge is 0.159 e. The Kier molecular flexibility index (Phi) is 7.20. The Balaban J connectivity index is 0.985. The van der Waals surface area contributed by atoms with E-state index in [0.717, 1.165) is 77.8 Å². The van der Waals surface area contributed by atoms with E-state index in [1.54, 1.807) is 0 Å². The van der Waals surface area contributed by atoms with Crippen LogP contribution in [0.5, 0.6) is 0 Å². The van der Waals surface area contributed by atoms with Gasteiger partial charge in [-0.15, -0.1) is 0 Å². The fraction of sp³-hybridized carbons (Fsp3) is 0. The average Bonchev–Trinajstić information content (AvgIpc) is 3.97. The highest BCUT2D eigenvalue weighted by atomic mass is 16.3. The van der Waals surface area contributed by atoms with Crippen LogP contribution in [0.1, 0.15) is 0 Å². The Morgan fingerprint density at radius 3 is 1.48 bits per heavy atom. The number of benzene rings is 9. The second kappa shape index (κ2) is 12.9. The summed E-state index contributed by atoms with van der Waals surface area (Å²) in [6.45, 7) is 0. The highest BCUT2D eigenvalue weighted by Crippen LogP contribution is 2.46. The van der Waals surface area contributed by atoms with E-state index < -0.39 is 0 Å². The van der Waals surface area contributed by atoms with Gasteiger partial charge in [0.15, 0.2) is 11.2 Å². The van der Waals surface area contributed by atoms with Crippen molar-refractivity contribution in [2.75, 3.05) is 4.90 Å². The number of anilines is 3. The minimum atomic E-state index is 0.829. The zero-order valence-electron chi connectivity index (χ0n) is 31.3. The van der Waals surface area contributed by atoms with Crippen LogP contribution in [0.3, 0.4) is 0 Å². The second-order valence-corrected chi connectivity index (χ2v) is 14.9. The maximum atomic E-state index is 6.65. The van der Waals surface area contributed by atoms with Crippen LogP contribution in [0.15, 0.2) is 215 Å². The third-order valence-corrected chi connectivity index (χ3v) is 11.6. The molecule has 0 atom stereocenters. The van der Waals surface area contributed by atoms with Crippen molar-refractivity contribution in [3.8, 4) is 27.9 Å². The average molecular weight is 743 g/mol. The minimum Gasteiger partial charge on any atom is -0.454 e. The summed E-state index contributed by atoms with van der Waals surface area (Å²) in [5.74, 6) is 0. The zero-order valence-corrected chi connectivity index (χ0v) is 31.3. The molecule has 3 heterocycles. The van der Waals surface area contributed by atoms with Gasteiger partial charge in [-0.3, -0.25) is 0 Å². The summed E-state index contributed by atoms with van der Waals surface area (Å²) in [7, 11) is 0. The molecular formula is C54H34N2O2. The predicted molar refractivity (Wildman–Crippen MR) is 241 cm³/mol. The third kappa shape index (κ3) is 5.02. The molecule has 0 spiro atoms. The number of aromatic nitrogens is 1.